The van der Waals surface area contributed by atoms with Gasteiger partial charge in [-0.25, -0.2) is 9.67 Å². The molecule has 0 saturated carbocycles. The Kier molecular flexibility index (Phi) is 10.2. The van der Waals surface area contributed by atoms with Crippen LogP contribution in [0.1, 0.15) is 55.4 Å². The molecule has 5 rings (SSSR count). The van der Waals surface area contributed by atoms with Crippen molar-refractivity contribution in [1.82, 2.24) is 29.9 Å². The topological polar surface area (TPSA) is 110 Å². The molecule has 0 aliphatic carbocycles. The van der Waals surface area contributed by atoms with Crippen LogP contribution in [0.15, 0.2) is 48.5 Å². The third kappa shape index (κ3) is 7.86. The van der Waals surface area contributed by atoms with Gasteiger partial charge in [0.1, 0.15) is 23.4 Å². The van der Waals surface area contributed by atoms with Crippen LogP contribution in [-0.2, 0) is 27.3 Å². The predicted octanol–water partition coefficient (Wildman–Crippen LogP) is 4.38. The molecule has 2 aliphatic heterocycles. The lowest BCUT2D eigenvalue weighted by Gasteiger charge is -2.36. The van der Waals surface area contributed by atoms with E-state index in [1.165, 1.54) is 0 Å². The van der Waals surface area contributed by atoms with Crippen molar-refractivity contribution in [2.45, 2.75) is 64.1 Å². The molecule has 0 spiro atoms. The molecule has 3 amide bonds. The summed E-state index contributed by atoms with van der Waals surface area (Å²) in [5, 5.41) is 8.63. The van der Waals surface area contributed by atoms with Crippen molar-refractivity contribution in [1.29, 1.82) is 0 Å². The molecule has 1 N–H and O–H groups in total. The first-order valence-corrected chi connectivity index (χ1v) is 15.4. The minimum atomic E-state index is -0.546. The van der Waals surface area contributed by atoms with Crippen LogP contribution in [-0.4, -0.2) is 74.6 Å². The third-order valence-corrected chi connectivity index (χ3v) is 8.37. The van der Waals surface area contributed by atoms with Crippen molar-refractivity contribution in [3.05, 3.63) is 75.8 Å². The largest absolute Gasteiger partial charge is 0.482 e. The zero-order chi connectivity index (χ0) is 30.3. The van der Waals surface area contributed by atoms with Gasteiger partial charge in [0.05, 0.1) is 17.6 Å². The Labute approximate surface area is 261 Å². The van der Waals surface area contributed by atoms with E-state index in [1.807, 2.05) is 37.3 Å². The fraction of sp³-hybridized carbons (Fsp3) is 0.452. The van der Waals surface area contributed by atoms with Crippen molar-refractivity contribution in [2.24, 2.45) is 0 Å². The highest BCUT2D eigenvalue weighted by Gasteiger charge is 2.34. The Hall–Kier alpha value is -3.63. The first-order valence-electron chi connectivity index (χ1n) is 14.7. The first-order chi connectivity index (χ1) is 20.8. The number of piperidine rings is 1. The van der Waals surface area contributed by atoms with Gasteiger partial charge in [0.2, 0.25) is 11.8 Å². The standard InChI is InChI=1S/C31H36Cl2N6O4/c1-21-34-30-25(18-22-8-3-2-4-9-22)35-31(42)26-10-5-6-15-38(26)28(40)11-7-14-37(16-17-39(30)36-21)29(41)20-43-27-13-12-23(32)19-24(27)33/h2-4,8-9,12-13,19,25-26H,5-7,10-11,14-18,20H2,1H3,(H,35,42)/t25-,26+/m1/s1. The SMILES string of the molecule is Cc1nc2n(n1)CCN(C(=O)COc1ccc(Cl)cc1Cl)CCCC(=O)N1CCCC[C@H]1C(=O)N[C@@H]2Cc1ccccc1. The van der Waals surface area contributed by atoms with E-state index in [-0.39, 0.29) is 30.7 Å². The molecule has 2 aliphatic rings. The molecule has 228 valence electrons. The number of aryl methyl sites for hydroxylation is 1. The van der Waals surface area contributed by atoms with Crippen LogP contribution >= 0.6 is 23.2 Å². The molecule has 1 saturated heterocycles. The molecule has 3 heterocycles. The fourth-order valence-electron chi connectivity index (χ4n) is 5.69. The Morgan fingerprint density at radius 1 is 1.02 bits per heavy atom. The summed E-state index contributed by atoms with van der Waals surface area (Å²) in [7, 11) is 0. The van der Waals surface area contributed by atoms with E-state index >= 15 is 0 Å². The summed E-state index contributed by atoms with van der Waals surface area (Å²) in [4.78, 5) is 48.6. The smallest absolute Gasteiger partial charge is 0.260 e. The number of carbonyl (C=O) groups is 3. The van der Waals surface area contributed by atoms with E-state index in [2.05, 4.69) is 10.4 Å². The van der Waals surface area contributed by atoms with Crippen molar-refractivity contribution in [3.8, 4) is 5.75 Å². The van der Waals surface area contributed by atoms with Gasteiger partial charge in [-0.1, -0.05) is 53.5 Å². The summed E-state index contributed by atoms with van der Waals surface area (Å²) in [6, 6.07) is 13.7. The number of halogens is 2. The summed E-state index contributed by atoms with van der Waals surface area (Å²) >= 11 is 12.2. The molecule has 2 atom stereocenters. The molecule has 0 radical (unpaired) electrons. The van der Waals surface area contributed by atoms with Crippen molar-refractivity contribution in [3.63, 3.8) is 0 Å². The highest BCUT2D eigenvalue weighted by molar-refractivity contribution is 6.35. The lowest BCUT2D eigenvalue weighted by atomic mass is 9.99. The molecule has 2 aromatic carbocycles. The van der Waals surface area contributed by atoms with E-state index in [0.29, 0.717) is 72.9 Å². The maximum absolute atomic E-state index is 13.7. The number of hydrogen-bond acceptors (Lipinski definition) is 6. The van der Waals surface area contributed by atoms with Crippen LogP contribution in [0, 0.1) is 6.92 Å². The van der Waals surface area contributed by atoms with Crippen LogP contribution in [0.3, 0.4) is 0 Å². The highest BCUT2D eigenvalue weighted by atomic mass is 35.5. The number of nitrogens with zero attached hydrogens (tertiary/aromatic N) is 5. The average molecular weight is 628 g/mol. The Morgan fingerprint density at radius 2 is 1.84 bits per heavy atom. The number of ether oxygens (including phenoxy) is 1. The second-order valence-corrected chi connectivity index (χ2v) is 11.8. The van der Waals surface area contributed by atoms with Crippen LogP contribution in [0.5, 0.6) is 5.75 Å². The number of benzene rings is 2. The van der Waals surface area contributed by atoms with Gasteiger partial charge in [0.15, 0.2) is 6.61 Å². The van der Waals surface area contributed by atoms with E-state index in [9.17, 15) is 14.4 Å². The van der Waals surface area contributed by atoms with Gasteiger partial charge in [-0.05, 0) is 62.8 Å². The number of rotatable bonds is 5. The van der Waals surface area contributed by atoms with E-state index in [0.717, 1.165) is 18.4 Å². The molecular formula is C31H36Cl2N6O4. The summed E-state index contributed by atoms with van der Waals surface area (Å²) in [5.74, 6) is 1.05. The fourth-order valence-corrected chi connectivity index (χ4v) is 6.15. The Bertz CT molecular complexity index is 1450. The van der Waals surface area contributed by atoms with Gasteiger partial charge in [-0.3, -0.25) is 14.4 Å². The monoisotopic (exact) mass is 626 g/mol. The average Bonchev–Trinajstić information content (AvgIpc) is 3.38. The van der Waals surface area contributed by atoms with Gasteiger partial charge in [0, 0.05) is 31.1 Å². The minimum Gasteiger partial charge on any atom is -0.482 e. The van der Waals surface area contributed by atoms with E-state index < -0.39 is 12.1 Å². The van der Waals surface area contributed by atoms with Crippen LogP contribution in [0.25, 0.3) is 0 Å². The maximum atomic E-state index is 13.7. The Balaban J connectivity index is 1.42. The summed E-state index contributed by atoms with van der Waals surface area (Å²) in [6.45, 7) is 3.15. The van der Waals surface area contributed by atoms with Crippen molar-refractivity contribution < 1.29 is 19.1 Å². The number of fused-ring (bicyclic) bond motifs is 2. The Morgan fingerprint density at radius 3 is 2.63 bits per heavy atom. The number of hydrogen-bond donors (Lipinski definition) is 1. The normalized spacial score (nSPS) is 20.1. The molecule has 1 fully saturated rings. The van der Waals surface area contributed by atoms with Gasteiger partial charge in [0.25, 0.3) is 5.91 Å². The molecule has 43 heavy (non-hydrogen) atoms. The quantitative estimate of drug-likeness (QED) is 0.450. The van der Waals surface area contributed by atoms with Crippen LogP contribution in [0.4, 0.5) is 0 Å². The maximum Gasteiger partial charge on any atom is 0.260 e. The molecule has 0 unspecified atom stereocenters. The summed E-state index contributed by atoms with van der Waals surface area (Å²) in [5.41, 5.74) is 1.03. The third-order valence-electron chi connectivity index (χ3n) is 7.84. The van der Waals surface area contributed by atoms with Crippen LogP contribution < -0.4 is 10.1 Å². The van der Waals surface area contributed by atoms with Gasteiger partial charge < -0.3 is 19.9 Å². The summed E-state index contributed by atoms with van der Waals surface area (Å²) < 4.78 is 7.51. The number of aromatic nitrogens is 3. The van der Waals surface area contributed by atoms with Crippen molar-refractivity contribution in [2.75, 3.05) is 26.2 Å². The van der Waals surface area contributed by atoms with Gasteiger partial charge in [-0.15, -0.1) is 0 Å². The molecule has 10 nitrogen and oxygen atoms in total. The molecule has 3 aromatic rings. The van der Waals surface area contributed by atoms with E-state index in [1.54, 1.807) is 32.7 Å². The second kappa shape index (κ2) is 14.2. The van der Waals surface area contributed by atoms with Crippen LogP contribution in [0.2, 0.25) is 10.0 Å². The van der Waals surface area contributed by atoms with Crippen molar-refractivity contribution >= 4 is 40.9 Å². The first kappa shape index (κ1) is 30.8. The van der Waals surface area contributed by atoms with E-state index in [4.69, 9.17) is 32.9 Å². The van der Waals surface area contributed by atoms with Gasteiger partial charge >= 0.3 is 0 Å². The molecular weight excluding hydrogens is 591 g/mol. The number of carbonyl (C=O) groups excluding carboxylic acids is 3. The minimum absolute atomic E-state index is 0.0767. The zero-order valence-corrected chi connectivity index (χ0v) is 25.7. The molecule has 0 bridgehead atoms. The summed E-state index contributed by atoms with van der Waals surface area (Å²) in [6.07, 6.45) is 3.53. The second-order valence-electron chi connectivity index (χ2n) is 10.9. The molecule has 1 aromatic heterocycles. The highest BCUT2D eigenvalue weighted by Crippen LogP contribution is 2.28. The lowest BCUT2D eigenvalue weighted by molar-refractivity contribution is -0.143. The number of amides is 3. The van der Waals surface area contributed by atoms with Gasteiger partial charge in [-0.2, -0.15) is 5.10 Å². The molecule has 12 heteroatoms. The number of nitrogens with one attached hydrogen (secondary N) is 1. The zero-order valence-electron chi connectivity index (χ0n) is 24.2. The predicted molar refractivity (Wildman–Crippen MR) is 163 cm³/mol. The lowest BCUT2D eigenvalue weighted by Crippen LogP contribution is -2.53.